The molecule has 2 aromatic rings. The Morgan fingerprint density at radius 2 is 1.96 bits per heavy atom. The Bertz CT molecular complexity index is 609. The molecule has 1 aromatic heterocycles. The average molecular weight is 429 g/mol. The molecule has 1 aromatic carbocycles. The van der Waals surface area contributed by atoms with Crippen molar-refractivity contribution >= 4 is 29.9 Å². The first-order valence-electron chi connectivity index (χ1n) is 7.26. The number of benzene rings is 1. The van der Waals surface area contributed by atoms with Gasteiger partial charge in [0.15, 0.2) is 5.96 Å². The van der Waals surface area contributed by atoms with E-state index in [0.717, 1.165) is 30.2 Å². The number of aromatic nitrogens is 2. The molecule has 126 valence electrons. The quantitative estimate of drug-likeness (QED) is 0.419. The van der Waals surface area contributed by atoms with E-state index in [2.05, 4.69) is 32.9 Å². The summed E-state index contributed by atoms with van der Waals surface area (Å²) in [6.07, 6.45) is 4.76. The number of aliphatic imine (C=N–C) groups is 1. The Balaban J connectivity index is 0.00000264. The third-order valence-corrected chi connectivity index (χ3v) is 3.31. The monoisotopic (exact) mass is 429 g/mol. The number of hydrogen-bond donors (Lipinski definition) is 2. The fraction of sp³-hybridized carbons (Fsp3) is 0.375. The Morgan fingerprint density at radius 1 is 1.22 bits per heavy atom. The van der Waals surface area contributed by atoms with Gasteiger partial charge in [-0.25, -0.2) is 0 Å². The molecule has 7 heteroatoms. The molecule has 0 spiro atoms. The molecule has 1 heterocycles. The van der Waals surface area contributed by atoms with Crippen molar-refractivity contribution in [1.82, 2.24) is 20.4 Å². The van der Waals surface area contributed by atoms with E-state index in [9.17, 15) is 0 Å². The van der Waals surface area contributed by atoms with Crippen molar-refractivity contribution in [2.75, 3.05) is 20.7 Å². The minimum atomic E-state index is 0. The second-order valence-corrected chi connectivity index (χ2v) is 4.97. The SMILES string of the molecule is CN=C(NCCc1ccc(OC)cc1)NCc1cnn(C)c1.I. The summed E-state index contributed by atoms with van der Waals surface area (Å²) in [5, 5.41) is 10.7. The Morgan fingerprint density at radius 3 is 2.52 bits per heavy atom. The van der Waals surface area contributed by atoms with Gasteiger partial charge in [-0.15, -0.1) is 24.0 Å². The van der Waals surface area contributed by atoms with Crippen LogP contribution in [0.25, 0.3) is 0 Å². The van der Waals surface area contributed by atoms with Crippen molar-refractivity contribution < 1.29 is 4.74 Å². The molecule has 0 fully saturated rings. The summed E-state index contributed by atoms with van der Waals surface area (Å²) in [6.45, 7) is 1.52. The number of nitrogens with one attached hydrogen (secondary N) is 2. The maximum atomic E-state index is 5.15. The Hall–Kier alpha value is -1.77. The second kappa shape index (κ2) is 10.1. The van der Waals surface area contributed by atoms with Crippen molar-refractivity contribution in [3.8, 4) is 5.75 Å². The highest BCUT2D eigenvalue weighted by Gasteiger charge is 2.00. The first kappa shape index (κ1) is 19.3. The summed E-state index contributed by atoms with van der Waals surface area (Å²) in [6, 6.07) is 8.11. The molecule has 2 rings (SSSR count). The molecule has 0 unspecified atom stereocenters. The van der Waals surface area contributed by atoms with Crippen LogP contribution in [0, 0.1) is 0 Å². The number of methoxy groups -OCH3 is 1. The van der Waals surface area contributed by atoms with Crippen LogP contribution in [0.5, 0.6) is 5.75 Å². The molecule has 0 aliphatic heterocycles. The van der Waals surface area contributed by atoms with Crippen LogP contribution in [-0.2, 0) is 20.0 Å². The molecule has 0 aliphatic rings. The van der Waals surface area contributed by atoms with Gasteiger partial charge in [-0.3, -0.25) is 9.67 Å². The summed E-state index contributed by atoms with van der Waals surface area (Å²) >= 11 is 0. The minimum Gasteiger partial charge on any atom is -0.497 e. The fourth-order valence-electron chi connectivity index (χ4n) is 2.09. The predicted octanol–water partition coefficient (Wildman–Crippen LogP) is 1.95. The predicted molar refractivity (Wildman–Crippen MR) is 104 cm³/mol. The van der Waals surface area contributed by atoms with Crippen LogP contribution < -0.4 is 15.4 Å². The molecule has 0 radical (unpaired) electrons. The van der Waals surface area contributed by atoms with Crippen LogP contribution in [0.3, 0.4) is 0 Å². The van der Waals surface area contributed by atoms with Crippen molar-refractivity contribution in [2.24, 2.45) is 12.0 Å². The van der Waals surface area contributed by atoms with Crippen LogP contribution in [0.1, 0.15) is 11.1 Å². The van der Waals surface area contributed by atoms with Gasteiger partial charge in [-0.05, 0) is 24.1 Å². The van der Waals surface area contributed by atoms with Gasteiger partial charge in [0.25, 0.3) is 0 Å². The molecule has 0 saturated heterocycles. The van der Waals surface area contributed by atoms with Crippen LogP contribution in [0.2, 0.25) is 0 Å². The number of guanidine groups is 1. The Labute approximate surface area is 154 Å². The van der Waals surface area contributed by atoms with Crippen molar-refractivity contribution in [1.29, 1.82) is 0 Å². The van der Waals surface area contributed by atoms with Gasteiger partial charge < -0.3 is 15.4 Å². The maximum Gasteiger partial charge on any atom is 0.191 e. The summed E-state index contributed by atoms with van der Waals surface area (Å²) in [4.78, 5) is 4.22. The highest BCUT2D eigenvalue weighted by molar-refractivity contribution is 14.0. The maximum absolute atomic E-state index is 5.15. The van der Waals surface area contributed by atoms with Crippen LogP contribution in [-0.4, -0.2) is 36.4 Å². The number of rotatable bonds is 6. The van der Waals surface area contributed by atoms with E-state index in [-0.39, 0.29) is 24.0 Å². The molecular weight excluding hydrogens is 405 g/mol. The molecule has 0 saturated carbocycles. The van der Waals surface area contributed by atoms with Crippen LogP contribution >= 0.6 is 24.0 Å². The molecule has 0 amide bonds. The number of ether oxygens (including phenoxy) is 1. The molecule has 0 bridgehead atoms. The van der Waals surface area contributed by atoms with Gasteiger partial charge in [-0.2, -0.15) is 5.10 Å². The van der Waals surface area contributed by atoms with E-state index in [1.807, 2.05) is 31.6 Å². The zero-order valence-electron chi connectivity index (χ0n) is 13.7. The smallest absolute Gasteiger partial charge is 0.191 e. The van der Waals surface area contributed by atoms with Crippen LogP contribution in [0.4, 0.5) is 0 Å². The first-order valence-corrected chi connectivity index (χ1v) is 7.26. The highest BCUT2D eigenvalue weighted by Crippen LogP contribution is 2.11. The van der Waals surface area contributed by atoms with Gasteiger partial charge in [0.1, 0.15) is 5.75 Å². The lowest BCUT2D eigenvalue weighted by Crippen LogP contribution is -2.37. The second-order valence-electron chi connectivity index (χ2n) is 4.97. The topological polar surface area (TPSA) is 63.5 Å². The summed E-state index contributed by atoms with van der Waals surface area (Å²) in [5.74, 6) is 1.67. The lowest BCUT2D eigenvalue weighted by atomic mass is 10.1. The molecule has 2 N–H and O–H groups in total. The molecule has 0 atom stereocenters. The van der Waals surface area contributed by atoms with E-state index in [1.54, 1.807) is 18.8 Å². The normalized spacial score (nSPS) is 10.8. The molecular formula is C16H24IN5O. The number of halogens is 1. The van der Waals surface area contributed by atoms with E-state index >= 15 is 0 Å². The number of hydrogen-bond acceptors (Lipinski definition) is 3. The van der Waals surface area contributed by atoms with Crippen LogP contribution in [0.15, 0.2) is 41.7 Å². The lowest BCUT2D eigenvalue weighted by Gasteiger charge is -2.11. The number of nitrogens with zero attached hydrogens (tertiary/aromatic N) is 3. The first-order chi connectivity index (χ1) is 10.7. The lowest BCUT2D eigenvalue weighted by molar-refractivity contribution is 0.414. The van der Waals surface area contributed by atoms with Gasteiger partial charge in [-0.1, -0.05) is 12.1 Å². The van der Waals surface area contributed by atoms with E-state index < -0.39 is 0 Å². The molecule has 6 nitrogen and oxygen atoms in total. The van der Waals surface area contributed by atoms with Crippen molar-refractivity contribution in [3.05, 3.63) is 47.8 Å². The fourth-order valence-corrected chi connectivity index (χ4v) is 2.09. The average Bonchev–Trinajstić information content (AvgIpc) is 2.96. The third kappa shape index (κ3) is 6.47. The summed E-state index contributed by atoms with van der Waals surface area (Å²) in [7, 11) is 5.35. The third-order valence-electron chi connectivity index (χ3n) is 3.31. The van der Waals surface area contributed by atoms with Gasteiger partial charge in [0.05, 0.1) is 13.3 Å². The minimum absolute atomic E-state index is 0. The van der Waals surface area contributed by atoms with Gasteiger partial charge in [0.2, 0.25) is 0 Å². The number of aryl methyl sites for hydroxylation is 1. The Kier molecular flexibility index (Phi) is 8.46. The van der Waals surface area contributed by atoms with Crippen molar-refractivity contribution in [2.45, 2.75) is 13.0 Å². The van der Waals surface area contributed by atoms with E-state index in [0.29, 0.717) is 6.54 Å². The van der Waals surface area contributed by atoms with Gasteiger partial charge in [0, 0.05) is 38.9 Å². The van der Waals surface area contributed by atoms with E-state index in [4.69, 9.17) is 4.74 Å². The molecule has 0 aliphatic carbocycles. The highest BCUT2D eigenvalue weighted by atomic mass is 127. The zero-order chi connectivity index (χ0) is 15.8. The zero-order valence-corrected chi connectivity index (χ0v) is 16.1. The van der Waals surface area contributed by atoms with E-state index in [1.165, 1.54) is 5.56 Å². The molecule has 23 heavy (non-hydrogen) atoms. The summed E-state index contributed by atoms with van der Waals surface area (Å²) in [5.41, 5.74) is 2.39. The van der Waals surface area contributed by atoms with Gasteiger partial charge >= 0.3 is 0 Å². The largest absolute Gasteiger partial charge is 0.497 e. The summed E-state index contributed by atoms with van der Waals surface area (Å²) < 4.78 is 6.94. The standard InChI is InChI=1S/C16H23N5O.HI/c1-17-16(19-10-14-11-20-21(2)12-14)18-9-8-13-4-6-15(22-3)7-5-13;/h4-7,11-12H,8-10H2,1-3H3,(H2,17,18,19);1H. The van der Waals surface area contributed by atoms with Crippen molar-refractivity contribution in [3.63, 3.8) is 0 Å².